The molecule has 2 aromatic rings. The third-order valence-corrected chi connectivity index (χ3v) is 2.39. The van der Waals surface area contributed by atoms with Crippen LogP contribution < -0.4 is 10.5 Å². The quantitative estimate of drug-likeness (QED) is 0.871. The Kier molecular flexibility index (Phi) is 3.05. The first-order valence-corrected chi connectivity index (χ1v) is 5.12. The van der Waals surface area contributed by atoms with Crippen molar-refractivity contribution < 1.29 is 9.53 Å². The molecule has 0 fully saturated rings. The van der Waals surface area contributed by atoms with Gasteiger partial charge in [-0.15, -0.1) is 0 Å². The number of primary amides is 1. The number of nitrogens with zero attached hydrogens (tertiary/aromatic N) is 1. The first-order valence-electron chi connectivity index (χ1n) is 5.12. The monoisotopic (exact) mass is 228 g/mol. The summed E-state index contributed by atoms with van der Waals surface area (Å²) < 4.78 is 5.07. The summed E-state index contributed by atoms with van der Waals surface area (Å²) in [4.78, 5) is 15.2. The minimum atomic E-state index is -0.527. The van der Waals surface area contributed by atoms with Crippen molar-refractivity contribution in [2.45, 2.75) is 0 Å². The number of pyridine rings is 1. The molecule has 0 saturated heterocycles. The van der Waals surface area contributed by atoms with Crippen LogP contribution >= 0.6 is 0 Å². The Balaban J connectivity index is 2.38. The molecule has 1 aromatic carbocycles. The topological polar surface area (TPSA) is 65.2 Å². The number of hydrogen-bond acceptors (Lipinski definition) is 3. The number of amides is 1. The fraction of sp³-hybridized carbons (Fsp3) is 0.0769. The van der Waals surface area contributed by atoms with E-state index in [4.69, 9.17) is 10.5 Å². The lowest BCUT2D eigenvalue weighted by Gasteiger charge is -2.04. The smallest absolute Gasteiger partial charge is 0.267 e. The number of nitrogens with two attached hydrogens (primary N) is 1. The highest BCUT2D eigenvalue weighted by Crippen LogP contribution is 2.20. The number of methoxy groups -OCH3 is 1. The van der Waals surface area contributed by atoms with E-state index in [9.17, 15) is 4.79 Å². The zero-order valence-electron chi connectivity index (χ0n) is 9.38. The molecular formula is C13H12N2O2. The molecule has 1 amide bonds. The second-order valence-electron chi connectivity index (χ2n) is 3.50. The fourth-order valence-corrected chi connectivity index (χ4v) is 1.49. The van der Waals surface area contributed by atoms with Crippen LogP contribution in [-0.2, 0) is 0 Å². The van der Waals surface area contributed by atoms with Crippen molar-refractivity contribution in [3.05, 3.63) is 48.2 Å². The molecule has 0 atom stereocenters. The predicted octanol–water partition coefficient (Wildman–Crippen LogP) is 1.86. The van der Waals surface area contributed by atoms with Crippen molar-refractivity contribution >= 4 is 5.91 Å². The molecule has 0 aliphatic heterocycles. The van der Waals surface area contributed by atoms with Gasteiger partial charge in [-0.25, -0.2) is 4.98 Å². The van der Waals surface area contributed by atoms with Gasteiger partial charge >= 0.3 is 0 Å². The normalized spacial score (nSPS) is 9.94. The summed E-state index contributed by atoms with van der Waals surface area (Å²) in [5, 5.41) is 0. The Labute approximate surface area is 99.1 Å². The van der Waals surface area contributed by atoms with Gasteiger partial charge in [0.25, 0.3) is 5.91 Å². The Morgan fingerprint density at radius 2 is 1.88 bits per heavy atom. The van der Waals surface area contributed by atoms with Crippen LogP contribution in [0.15, 0.2) is 42.5 Å². The molecule has 4 heteroatoms. The molecule has 0 saturated carbocycles. The van der Waals surface area contributed by atoms with Crippen LogP contribution in [0.5, 0.6) is 5.75 Å². The highest BCUT2D eigenvalue weighted by molar-refractivity contribution is 5.91. The van der Waals surface area contributed by atoms with Crippen LogP contribution in [0.1, 0.15) is 10.5 Å². The summed E-state index contributed by atoms with van der Waals surface area (Å²) >= 11 is 0. The summed E-state index contributed by atoms with van der Waals surface area (Å²) in [5.74, 6) is 0.250. The molecule has 0 bridgehead atoms. The third-order valence-electron chi connectivity index (χ3n) is 2.39. The van der Waals surface area contributed by atoms with Gasteiger partial charge in [0.1, 0.15) is 11.4 Å². The average Bonchev–Trinajstić information content (AvgIpc) is 2.39. The lowest BCUT2D eigenvalue weighted by molar-refractivity contribution is 0.0995. The number of carbonyl (C=O) groups is 1. The van der Waals surface area contributed by atoms with E-state index in [1.165, 1.54) is 0 Å². The van der Waals surface area contributed by atoms with Gasteiger partial charge in [-0.05, 0) is 36.4 Å². The SMILES string of the molecule is COc1ccc(-c2cccc(C(N)=O)n2)cc1. The first-order chi connectivity index (χ1) is 8.20. The van der Waals surface area contributed by atoms with Gasteiger partial charge in [-0.1, -0.05) is 6.07 Å². The largest absolute Gasteiger partial charge is 0.497 e. The second kappa shape index (κ2) is 4.65. The lowest BCUT2D eigenvalue weighted by Crippen LogP contribution is -2.12. The van der Waals surface area contributed by atoms with Crippen molar-refractivity contribution in [2.24, 2.45) is 5.73 Å². The molecule has 4 nitrogen and oxygen atoms in total. The molecule has 86 valence electrons. The van der Waals surface area contributed by atoms with Gasteiger partial charge < -0.3 is 10.5 Å². The molecule has 2 rings (SSSR count). The van der Waals surface area contributed by atoms with Gasteiger partial charge in [-0.3, -0.25) is 4.79 Å². The molecule has 0 spiro atoms. The molecular weight excluding hydrogens is 216 g/mol. The maximum absolute atomic E-state index is 11.0. The molecule has 0 aliphatic carbocycles. The van der Waals surface area contributed by atoms with Gasteiger partial charge in [-0.2, -0.15) is 0 Å². The number of benzene rings is 1. The van der Waals surface area contributed by atoms with E-state index in [2.05, 4.69) is 4.98 Å². The number of aromatic nitrogens is 1. The Bertz CT molecular complexity index is 535. The Morgan fingerprint density at radius 3 is 2.47 bits per heavy atom. The van der Waals surface area contributed by atoms with Gasteiger partial charge in [0, 0.05) is 5.56 Å². The molecule has 1 heterocycles. The predicted molar refractivity (Wildman–Crippen MR) is 64.7 cm³/mol. The minimum absolute atomic E-state index is 0.262. The molecule has 1 aromatic heterocycles. The molecule has 0 aliphatic rings. The molecule has 2 N–H and O–H groups in total. The molecule has 0 radical (unpaired) electrons. The van der Waals surface area contributed by atoms with E-state index in [-0.39, 0.29) is 5.69 Å². The number of carbonyl (C=O) groups excluding carboxylic acids is 1. The zero-order valence-corrected chi connectivity index (χ0v) is 9.38. The van der Waals surface area contributed by atoms with Gasteiger partial charge in [0.15, 0.2) is 0 Å². The van der Waals surface area contributed by atoms with Crippen LogP contribution in [0.2, 0.25) is 0 Å². The third kappa shape index (κ3) is 2.42. The van der Waals surface area contributed by atoms with E-state index in [0.717, 1.165) is 11.3 Å². The van der Waals surface area contributed by atoms with Crippen molar-refractivity contribution in [3.8, 4) is 17.0 Å². The van der Waals surface area contributed by atoms with Crippen molar-refractivity contribution in [1.29, 1.82) is 0 Å². The number of rotatable bonds is 3. The maximum Gasteiger partial charge on any atom is 0.267 e. The van der Waals surface area contributed by atoms with Crippen LogP contribution in [0.25, 0.3) is 11.3 Å². The summed E-state index contributed by atoms with van der Waals surface area (Å²) in [6, 6.07) is 12.6. The van der Waals surface area contributed by atoms with E-state index >= 15 is 0 Å². The Hall–Kier alpha value is -2.36. The van der Waals surface area contributed by atoms with Gasteiger partial charge in [0.2, 0.25) is 0 Å². The number of hydrogen-bond donors (Lipinski definition) is 1. The molecule has 17 heavy (non-hydrogen) atoms. The second-order valence-corrected chi connectivity index (χ2v) is 3.50. The standard InChI is InChI=1S/C13H12N2O2/c1-17-10-7-5-9(6-8-10)11-3-2-4-12(15-11)13(14)16/h2-8H,1H3,(H2,14,16). The van der Waals surface area contributed by atoms with Crippen molar-refractivity contribution in [1.82, 2.24) is 4.98 Å². The van der Waals surface area contributed by atoms with Crippen LogP contribution in [0, 0.1) is 0 Å². The zero-order chi connectivity index (χ0) is 12.3. The van der Waals surface area contributed by atoms with E-state index < -0.39 is 5.91 Å². The lowest BCUT2D eigenvalue weighted by atomic mass is 10.1. The highest BCUT2D eigenvalue weighted by atomic mass is 16.5. The Morgan fingerprint density at radius 1 is 1.18 bits per heavy atom. The van der Waals surface area contributed by atoms with Crippen LogP contribution in [-0.4, -0.2) is 18.0 Å². The highest BCUT2D eigenvalue weighted by Gasteiger charge is 2.04. The van der Waals surface area contributed by atoms with Crippen LogP contribution in [0.4, 0.5) is 0 Å². The maximum atomic E-state index is 11.0. The van der Waals surface area contributed by atoms with E-state index in [1.807, 2.05) is 30.3 Å². The van der Waals surface area contributed by atoms with E-state index in [0.29, 0.717) is 5.69 Å². The summed E-state index contributed by atoms with van der Waals surface area (Å²) in [7, 11) is 1.61. The minimum Gasteiger partial charge on any atom is -0.497 e. The van der Waals surface area contributed by atoms with Crippen molar-refractivity contribution in [3.63, 3.8) is 0 Å². The summed E-state index contributed by atoms with van der Waals surface area (Å²) in [6.07, 6.45) is 0. The number of ether oxygens (including phenoxy) is 1. The average molecular weight is 228 g/mol. The van der Waals surface area contributed by atoms with E-state index in [1.54, 1.807) is 19.2 Å². The summed E-state index contributed by atoms with van der Waals surface area (Å²) in [5.41, 5.74) is 7.07. The molecule has 0 unspecified atom stereocenters. The first kappa shape index (κ1) is 11.1. The fourth-order valence-electron chi connectivity index (χ4n) is 1.49. The van der Waals surface area contributed by atoms with Crippen LogP contribution in [0.3, 0.4) is 0 Å². The van der Waals surface area contributed by atoms with Gasteiger partial charge in [0.05, 0.1) is 12.8 Å². The summed E-state index contributed by atoms with van der Waals surface area (Å²) in [6.45, 7) is 0. The van der Waals surface area contributed by atoms with Crippen molar-refractivity contribution in [2.75, 3.05) is 7.11 Å².